The third kappa shape index (κ3) is 6.32. The molecule has 0 bridgehead atoms. The fraction of sp³-hybridized carbons (Fsp3) is 0.278. The molecule has 0 aliphatic heterocycles. The van der Waals surface area contributed by atoms with Crippen LogP contribution in [0, 0.1) is 6.92 Å². The second-order valence-corrected chi connectivity index (χ2v) is 6.12. The molecule has 0 saturated heterocycles. The largest absolute Gasteiger partial charge is 0.493 e. The van der Waals surface area contributed by atoms with Gasteiger partial charge in [-0.3, -0.25) is 0 Å². The molecule has 0 heterocycles. The van der Waals surface area contributed by atoms with Crippen molar-refractivity contribution in [2.75, 3.05) is 13.2 Å². The number of hydrogen-bond acceptors (Lipinski definition) is 2. The van der Waals surface area contributed by atoms with Crippen molar-refractivity contribution in [2.24, 2.45) is 0 Å². The van der Waals surface area contributed by atoms with Gasteiger partial charge in [-0.2, -0.15) is 0 Å². The number of aryl methyl sites for hydroxylation is 1. The van der Waals surface area contributed by atoms with Crippen molar-refractivity contribution in [1.82, 2.24) is 10.6 Å². The summed E-state index contributed by atoms with van der Waals surface area (Å²) in [6.45, 7) is 3.68. The van der Waals surface area contributed by atoms with E-state index in [-0.39, 0.29) is 6.03 Å². The van der Waals surface area contributed by atoms with Crippen LogP contribution in [0.5, 0.6) is 5.75 Å². The molecule has 0 aliphatic carbocycles. The molecule has 0 unspecified atom stereocenters. The molecule has 23 heavy (non-hydrogen) atoms. The van der Waals surface area contributed by atoms with Crippen molar-refractivity contribution >= 4 is 22.0 Å². The number of ether oxygens (including phenoxy) is 1. The number of halogens is 1. The summed E-state index contributed by atoms with van der Waals surface area (Å²) in [5.74, 6) is 0.895. The molecule has 0 atom stereocenters. The smallest absolute Gasteiger partial charge is 0.315 e. The summed E-state index contributed by atoms with van der Waals surface area (Å²) >= 11 is 3.41. The van der Waals surface area contributed by atoms with Crippen molar-refractivity contribution in [1.29, 1.82) is 0 Å². The second kappa shape index (κ2) is 9.20. The lowest BCUT2D eigenvalue weighted by Gasteiger charge is -2.10. The Balaban J connectivity index is 1.59. The van der Waals surface area contributed by atoms with Crippen molar-refractivity contribution in [2.45, 2.75) is 19.9 Å². The van der Waals surface area contributed by atoms with Crippen molar-refractivity contribution in [3.05, 3.63) is 64.1 Å². The molecular formula is C18H21BrN2O2. The third-order valence-electron chi connectivity index (χ3n) is 3.30. The Bertz CT molecular complexity index is 646. The summed E-state index contributed by atoms with van der Waals surface area (Å²) in [7, 11) is 0. The van der Waals surface area contributed by atoms with Gasteiger partial charge in [-0.05, 0) is 42.7 Å². The minimum absolute atomic E-state index is 0.166. The number of urea groups is 1. The van der Waals surface area contributed by atoms with Gasteiger partial charge in [0, 0.05) is 17.6 Å². The topological polar surface area (TPSA) is 50.4 Å². The van der Waals surface area contributed by atoms with Crippen LogP contribution in [0.25, 0.3) is 0 Å². The van der Waals surface area contributed by atoms with Gasteiger partial charge in [-0.25, -0.2) is 4.79 Å². The summed E-state index contributed by atoms with van der Waals surface area (Å²) in [6.07, 6.45) is 0.763. The number of nitrogens with one attached hydrogen (secondary N) is 2. The van der Waals surface area contributed by atoms with E-state index in [9.17, 15) is 4.79 Å². The van der Waals surface area contributed by atoms with Crippen LogP contribution in [-0.2, 0) is 6.54 Å². The van der Waals surface area contributed by atoms with Crippen LogP contribution in [0.2, 0.25) is 0 Å². The van der Waals surface area contributed by atoms with Gasteiger partial charge in [0.05, 0.1) is 6.61 Å². The Hall–Kier alpha value is -2.01. The molecule has 4 nitrogen and oxygen atoms in total. The van der Waals surface area contributed by atoms with Gasteiger partial charge in [-0.1, -0.05) is 46.3 Å². The first-order chi connectivity index (χ1) is 11.1. The molecule has 0 fully saturated rings. The summed E-state index contributed by atoms with van der Waals surface area (Å²) in [6, 6.07) is 15.6. The van der Waals surface area contributed by atoms with Crippen LogP contribution in [0.4, 0.5) is 4.79 Å². The van der Waals surface area contributed by atoms with E-state index in [0.717, 1.165) is 27.8 Å². The molecular weight excluding hydrogens is 356 g/mol. The number of para-hydroxylation sites is 1. The number of rotatable bonds is 7. The van der Waals surface area contributed by atoms with E-state index in [4.69, 9.17) is 4.74 Å². The first kappa shape index (κ1) is 17.3. The summed E-state index contributed by atoms with van der Waals surface area (Å²) in [4.78, 5) is 11.7. The van der Waals surface area contributed by atoms with E-state index in [1.807, 2.05) is 55.5 Å². The highest BCUT2D eigenvalue weighted by Crippen LogP contribution is 2.16. The number of amides is 2. The van der Waals surface area contributed by atoms with Crippen molar-refractivity contribution < 1.29 is 9.53 Å². The van der Waals surface area contributed by atoms with Crippen LogP contribution in [-0.4, -0.2) is 19.2 Å². The van der Waals surface area contributed by atoms with Crippen LogP contribution in [0.3, 0.4) is 0 Å². The Labute approximate surface area is 145 Å². The molecule has 0 aliphatic rings. The number of hydrogen-bond donors (Lipinski definition) is 2. The van der Waals surface area contributed by atoms with Crippen molar-refractivity contribution in [3.8, 4) is 5.75 Å². The normalized spacial score (nSPS) is 10.2. The highest BCUT2D eigenvalue weighted by Gasteiger charge is 2.01. The highest BCUT2D eigenvalue weighted by atomic mass is 79.9. The summed E-state index contributed by atoms with van der Waals surface area (Å²) in [5, 5.41) is 5.66. The second-order valence-electron chi connectivity index (χ2n) is 5.21. The maximum atomic E-state index is 11.7. The van der Waals surface area contributed by atoms with E-state index in [0.29, 0.717) is 19.7 Å². The zero-order chi connectivity index (χ0) is 16.5. The summed E-state index contributed by atoms with van der Waals surface area (Å²) in [5.41, 5.74) is 2.17. The highest BCUT2D eigenvalue weighted by molar-refractivity contribution is 9.10. The molecule has 2 rings (SSSR count). The van der Waals surface area contributed by atoms with E-state index >= 15 is 0 Å². The summed E-state index contributed by atoms with van der Waals surface area (Å²) < 4.78 is 6.69. The van der Waals surface area contributed by atoms with Gasteiger partial charge >= 0.3 is 6.03 Å². The molecule has 2 amide bonds. The van der Waals surface area contributed by atoms with E-state index in [1.54, 1.807) is 0 Å². The van der Waals surface area contributed by atoms with Gasteiger partial charge in [0.1, 0.15) is 5.75 Å². The SMILES string of the molecule is Cc1ccccc1OCCCNC(=O)NCc1cccc(Br)c1. The number of carbonyl (C=O) groups excluding carboxylic acids is 1. The number of benzene rings is 2. The minimum Gasteiger partial charge on any atom is -0.493 e. The fourth-order valence-corrected chi connectivity index (χ4v) is 2.51. The average Bonchev–Trinajstić information content (AvgIpc) is 2.54. The molecule has 0 spiro atoms. The Morgan fingerprint density at radius 3 is 2.74 bits per heavy atom. The Kier molecular flexibility index (Phi) is 6.94. The van der Waals surface area contributed by atoms with Gasteiger partial charge < -0.3 is 15.4 Å². The molecule has 2 N–H and O–H groups in total. The molecule has 0 saturated carbocycles. The zero-order valence-corrected chi connectivity index (χ0v) is 14.7. The predicted octanol–water partition coefficient (Wildman–Crippen LogP) is 4.03. The monoisotopic (exact) mass is 376 g/mol. The molecule has 0 radical (unpaired) electrons. The third-order valence-corrected chi connectivity index (χ3v) is 3.79. The van der Waals surface area contributed by atoms with Crippen LogP contribution < -0.4 is 15.4 Å². The molecule has 2 aromatic rings. The lowest BCUT2D eigenvalue weighted by molar-refractivity contribution is 0.238. The molecule has 122 valence electrons. The number of carbonyl (C=O) groups is 1. The average molecular weight is 377 g/mol. The van der Waals surface area contributed by atoms with Crippen LogP contribution >= 0.6 is 15.9 Å². The first-order valence-corrected chi connectivity index (χ1v) is 8.39. The molecule has 5 heteroatoms. The minimum atomic E-state index is -0.166. The first-order valence-electron chi connectivity index (χ1n) is 7.60. The van der Waals surface area contributed by atoms with Gasteiger partial charge in [0.15, 0.2) is 0 Å². The van der Waals surface area contributed by atoms with Gasteiger partial charge in [-0.15, -0.1) is 0 Å². The maximum Gasteiger partial charge on any atom is 0.315 e. The quantitative estimate of drug-likeness (QED) is 0.716. The lowest BCUT2D eigenvalue weighted by Crippen LogP contribution is -2.36. The van der Waals surface area contributed by atoms with E-state index in [2.05, 4.69) is 26.6 Å². The molecule has 0 aromatic heterocycles. The zero-order valence-electron chi connectivity index (χ0n) is 13.1. The van der Waals surface area contributed by atoms with Crippen LogP contribution in [0.15, 0.2) is 53.0 Å². The standard InChI is InChI=1S/C18H21BrN2O2/c1-14-6-2-3-9-17(14)23-11-5-10-20-18(22)21-13-15-7-4-8-16(19)12-15/h2-4,6-9,12H,5,10-11,13H2,1H3,(H2,20,21,22). The molecule has 2 aromatic carbocycles. The van der Waals surface area contributed by atoms with Crippen molar-refractivity contribution in [3.63, 3.8) is 0 Å². The van der Waals surface area contributed by atoms with E-state index in [1.165, 1.54) is 0 Å². The Morgan fingerprint density at radius 1 is 1.13 bits per heavy atom. The lowest BCUT2D eigenvalue weighted by atomic mass is 10.2. The predicted molar refractivity (Wildman–Crippen MR) is 95.7 cm³/mol. The fourth-order valence-electron chi connectivity index (χ4n) is 2.07. The van der Waals surface area contributed by atoms with Gasteiger partial charge in [0.25, 0.3) is 0 Å². The van der Waals surface area contributed by atoms with Gasteiger partial charge in [0.2, 0.25) is 0 Å². The van der Waals surface area contributed by atoms with E-state index < -0.39 is 0 Å². The Morgan fingerprint density at radius 2 is 1.96 bits per heavy atom. The maximum absolute atomic E-state index is 11.7. The van der Waals surface area contributed by atoms with Crippen LogP contribution in [0.1, 0.15) is 17.5 Å².